The molecule has 96 valence electrons. The summed E-state index contributed by atoms with van der Waals surface area (Å²) in [7, 11) is 0. The van der Waals surface area contributed by atoms with Crippen LogP contribution >= 0.6 is 0 Å². The lowest BCUT2D eigenvalue weighted by Gasteiger charge is -2.15. The van der Waals surface area contributed by atoms with Crippen LogP contribution in [0.25, 0.3) is 0 Å². The highest BCUT2D eigenvalue weighted by molar-refractivity contribution is 5.93. The highest BCUT2D eigenvalue weighted by Gasteiger charge is 2.10. The molecule has 6 heteroatoms. The third-order valence-corrected chi connectivity index (χ3v) is 2.55. The molecule has 2 N–H and O–H groups in total. The van der Waals surface area contributed by atoms with Crippen molar-refractivity contribution in [2.75, 3.05) is 5.01 Å². The van der Waals surface area contributed by atoms with Gasteiger partial charge in [-0.1, -0.05) is 0 Å². The lowest BCUT2D eigenvalue weighted by Crippen LogP contribution is -2.12. The maximum atomic E-state index is 12.8. The molecular formula is C13H10FN3O2. The van der Waals surface area contributed by atoms with Gasteiger partial charge in [-0.05, 0) is 48.5 Å². The van der Waals surface area contributed by atoms with Crippen LogP contribution in [-0.2, 0) is 0 Å². The average Bonchev–Trinajstić information content (AvgIpc) is 2.42. The topological polar surface area (TPSA) is 75.8 Å². The summed E-state index contributed by atoms with van der Waals surface area (Å²) in [6.45, 7) is 0. The van der Waals surface area contributed by atoms with E-state index in [4.69, 9.17) is 5.73 Å². The van der Waals surface area contributed by atoms with E-state index in [1.807, 2.05) is 0 Å². The van der Waals surface area contributed by atoms with E-state index in [9.17, 15) is 14.1 Å². The number of primary amides is 1. The summed E-state index contributed by atoms with van der Waals surface area (Å²) in [6.07, 6.45) is 0. The van der Waals surface area contributed by atoms with Gasteiger partial charge in [0.25, 0.3) is 0 Å². The maximum absolute atomic E-state index is 12.8. The summed E-state index contributed by atoms with van der Waals surface area (Å²) in [6, 6.07) is 11.3. The molecule has 0 saturated heterocycles. The van der Waals surface area contributed by atoms with Crippen molar-refractivity contribution in [3.8, 4) is 0 Å². The van der Waals surface area contributed by atoms with Crippen molar-refractivity contribution < 1.29 is 9.18 Å². The fourth-order valence-corrected chi connectivity index (χ4v) is 1.59. The zero-order valence-electron chi connectivity index (χ0n) is 9.79. The Balaban J connectivity index is 2.34. The van der Waals surface area contributed by atoms with Crippen LogP contribution in [0.5, 0.6) is 0 Å². The molecule has 0 spiro atoms. The molecule has 0 unspecified atom stereocenters. The minimum absolute atomic E-state index is 0.328. The van der Waals surface area contributed by atoms with Gasteiger partial charge >= 0.3 is 0 Å². The van der Waals surface area contributed by atoms with Gasteiger partial charge in [0.15, 0.2) is 0 Å². The first-order chi connectivity index (χ1) is 9.11. The lowest BCUT2D eigenvalue weighted by molar-refractivity contribution is 0.100. The van der Waals surface area contributed by atoms with Gasteiger partial charge in [0, 0.05) is 5.56 Å². The molecule has 0 saturated carbocycles. The standard InChI is InChI=1S/C13H10FN3O2/c14-10-3-7-12(8-4-10)17(16-19)11-5-1-9(2-6-11)13(15)18/h1-8H,(H2,15,18). The third-order valence-electron chi connectivity index (χ3n) is 2.55. The number of nitrogens with two attached hydrogens (primary N) is 1. The number of rotatable bonds is 4. The molecule has 5 nitrogen and oxygen atoms in total. The Labute approximate surface area is 108 Å². The van der Waals surface area contributed by atoms with Gasteiger partial charge in [-0.15, -0.1) is 4.91 Å². The SMILES string of the molecule is NC(=O)c1ccc(N(N=O)c2ccc(F)cc2)cc1. The smallest absolute Gasteiger partial charge is 0.248 e. The predicted molar refractivity (Wildman–Crippen MR) is 69.3 cm³/mol. The molecule has 2 rings (SSSR count). The molecule has 0 heterocycles. The van der Waals surface area contributed by atoms with Gasteiger partial charge in [0.1, 0.15) is 5.82 Å². The number of benzene rings is 2. The zero-order chi connectivity index (χ0) is 13.8. The Morgan fingerprint density at radius 3 is 1.89 bits per heavy atom. The number of halogens is 1. The molecule has 0 fully saturated rings. The summed E-state index contributed by atoms with van der Waals surface area (Å²) in [5.41, 5.74) is 6.32. The Morgan fingerprint density at radius 1 is 1.00 bits per heavy atom. The summed E-state index contributed by atoms with van der Waals surface area (Å²) in [5.74, 6) is -0.961. The highest BCUT2D eigenvalue weighted by Crippen LogP contribution is 2.26. The van der Waals surface area contributed by atoms with Crippen LogP contribution in [0.4, 0.5) is 15.8 Å². The van der Waals surface area contributed by atoms with Crippen molar-refractivity contribution in [1.29, 1.82) is 0 Å². The van der Waals surface area contributed by atoms with E-state index in [0.29, 0.717) is 16.9 Å². The number of carbonyl (C=O) groups excluding carboxylic acids is 1. The van der Waals surface area contributed by atoms with Gasteiger partial charge in [-0.25, -0.2) is 4.39 Å². The van der Waals surface area contributed by atoms with E-state index in [2.05, 4.69) is 5.29 Å². The van der Waals surface area contributed by atoms with Gasteiger partial charge in [-0.3, -0.25) is 4.79 Å². The van der Waals surface area contributed by atoms with Gasteiger partial charge in [0.05, 0.1) is 16.7 Å². The van der Waals surface area contributed by atoms with Crippen LogP contribution in [0.15, 0.2) is 53.8 Å². The van der Waals surface area contributed by atoms with E-state index >= 15 is 0 Å². The molecular weight excluding hydrogens is 249 g/mol. The van der Waals surface area contributed by atoms with E-state index in [1.165, 1.54) is 48.5 Å². The van der Waals surface area contributed by atoms with Crippen molar-refractivity contribution in [2.24, 2.45) is 11.0 Å². The fourth-order valence-electron chi connectivity index (χ4n) is 1.59. The lowest BCUT2D eigenvalue weighted by atomic mass is 10.2. The van der Waals surface area contributed by atoms with Crippen LogP contribution in [0.1, 0.15) is 10.4 Å². The average molecular weight is 259 g/mol. The number of hydrogen-bond acceptors (Lipinski definition) is 3. The molecule has 0 aliphatic heterocycles. The van der Waals surface area contributed by atoms with Crippen molar-refractivity contribution in [3.63, 3.8) is 0 Å². The van der Waals surface area contributed by atoms with Crippen molar-refractivity contribution in [2.45, 2.75) is 0 Å². The second-order valence-corrected chi connectivity index (χ2v) is 3.78. The van der Waals surface area contributed by atoms with Gasteiger partial charge in [0.2, 0.25) is 5.91 Å². The minimum atomic E-state index is -0.557. The van der Waals surface area contributed by atoms with Crippen LogP contribution in [0, 0.1) is 10.7 Å². The molecule has 0 atom stereocenters. The fraction of sp³-hybridized carbons (Fsp3) is 0. The van der Waals surface area contributed by atoms with Crippen LogP contribution in [0.3, 0.4) is 0 Å². The Morgan fingerprint density at radius 2 is 1.47 bits per heavy atom. The molecule has 19 heavy (non-hydrogen) atoms. The van der Waals surface area contributed by atoms with E-state index < -0.39 is 11.7 Å². The van der Waals surface area contributed by atoms with Gasteiger partial charge < -0.3 is 5.73 Å². The summed E-state index contributed by atoms with van der Waals surface area (Å²) in [4.78, 5) is 21.8. The first kappa shape index (κ1) is 12.7. The Bertz CT molecular complexity index is 596. The first-order valence-electron chi connectivity index (χ1n) is 5.40. The second-order valence-electron chi connectivity index (χ2n) is 3.78. The number of carbonyl (C=O) groups is 1. The first-order valence-corrected chi connectivity index (χ1v) is 5.40. The molecule has 0 aliphatic carbocycles. The maximum Gasteiger partial charge on any atom is 0.248 e. The Hall–Kier alpha value is -2.76. The molecule has 0 radical (unpaired) electrons. The highest BCUT2D eigenvalue weighted by atomic mass is 19.1. The van der Waals surface area contributed by atoms with E-state index in [-0.39, 0.29) is 0 Å². The second kappa shape index (κ2) is 5.26. The minimum Gasteiger partial charge on any atom is -0.366 e. The van der Waals surface area contributed by atoms with E-state index in [0.717, 1.165) is 5.01 Å². The summed E-state index contributed by atoms with van der Waals surface area (Å²) >= 11 is 0. The normalized spacial score (nSPS) is 9.95. The Kier molecular flexibility index (Phi) is 3.51. The van der Waals surface area contributed by atoms with Crippen molar-refractivity contribution in [1.82, 2.24) is 0 Å². The number of amides is 1. The molecule has 0 bridgehead atoms. The number of anilines is 2. The number of nitroso groups, excluding NO2 is 1. The van der Waals surface area contributed by atoms with E-state index in [1.54, 1.807) is 0 Å². The summed E-state index contributed by atoms with van der Waals surface area (Å²) in [5, 5.41) is 3.96. The van der Waals surface area contributed by atoms with Crippen LogP contribution in [-0.4, -0.2) is 5.91 Å². The molecule has 0 aromatic heterocycles. The number of nitrogens with zero attached hydrogens (tertiary/aromatic N) is 2. The monoisotopic (exact) mass is 259 g/mol. The predicted octanol–water partition coefficient (Wildman–Crippen LogP) is 2.74. The largest absolute Gasteiger partial charge is 0.366 e. The number of hydrogen-bond donors (Lipinski definition) is 1. The third kappa shape index (κ3) is 2.74. The van der Waals surface area contributed by atoms with Crippen LogP contribution < -0.4 is 10.7 Å². The molecule has 1 amide bonds. The van der Waals surface area contributed by atoms with Crippen molar-refractivity contribution >= 4 is 17.3 Å². The van der Waals surface area contributed by atoms with Crippen LogP contribution in [0.2, 0.25) is 0 Å². The zero-order valence-corrected chi connectivity index (χ0v) is 9.79. The quantitative estimate of drug-likeness (QED) is 0.677. The molecule has 2 aromatic rings. The molecule has 0 aliphatic rings. The van der Waals surface area contributed by atoms with Gasteiger partial charge in [-0.2, -0.15) is 5.01 Å². The summed E-state index contributed by atoms with van der Waals surface area (Å²) < 4.78 is 12.8. The molecule has 2 aromatic carbocycles. The van der Waals surface area contributed by atoms with Crippen molar-refractivity contribution in [3.05, 3.63) is 64.8 Å².